The van der Waals surface area contributed by atoms with Crippen LogP contribution in [0.3, 0.4) is 0 Å². The Morgan fingerprint density at radius 2 is 1.90 bits per heavy atom. The molecule has 0 aliphatic heterocycles. The Labute approximate surface area is 120 Å². The number of aryl methyl sites for hydroxylation is 1. The SMILES string of the molecule is C[n+]1c([O-])c(C(=O)c2ccc(Cl)cc2)n2ccccc21. The van der Waals surface area contributed by atoms with Gasteiger partial charge in [0.05, 0.1) is 13.2 Å². The molecule has 0 saturated heterocycles. The van der Waals surface area contributed by atoms with E-state index in [0.717, 1.165) is 0 Å². The third-order valence-corrected chi connectivity index (χ3v) is 3.50. The first kappa shape index (κ1) is 12.7. The number of hydrogen-bond acceptors (Lipinski definition) is 2. The largest absolute Gasteiger partial charge is 0.839 e. The van der Waals surface area contributed by atoms with Gasteiger partial charge in [0.1, 0.15) is 5.88 Å². The molecule has 20 heavy (non-hydrogen) atoms. The van der Waals surface area contributed by atoms with Gasteiger partial charge in [0, 0.05) is 16.7 Å². The maximum Gasteiger partial charge on any atom is 0.286 e. The van der Waals surface area contributed by atoms with Gasteiger partial charge in [-0.15, -0.1) is 0 Å². The fourth-order valence-electron chi connectivity index (χ4n) is 2.21. The molecule has 0 atom stereocenters. The molecule has 0 aliphatic carbocycles. The lowest BCUT2D eigenvalue weighted by Crippen LogP contribution is -2.31. The van der Waals surface area contributed by atoms with E-state index in [-0.39, 0.29) is 17.4 Å². The molecule has 0 N–H and O–H groups in total. The number of ketones is 1. The zero-order valence-electron chi connectivity index (χ0n) is 10.7. The van der Waals surface area contributed by atoms with E-state index in [4.69, 9.17) is 11.6 Å². The first-order chi connectivity index (χ1) is 9.59. The van der Waals surface area contributed by atoms with Gasteiger partial charge in [0.2, 0.25) is 11.5 Å². The normalized spacial score (nSPS) is 10.9. The summed E-state index contributed by atoms with van der Waals surface area (Å²) in [5.74, 6) is -0.621. The van der Waals surface area contributed by atoms with Crippen LogP contribution in [0.25, 0.3) is 5.65 Å². The molecule has 1 aromatic carbocycles. The van der Waals surface area contributed by atoms with Crippen LogP contribution in [0.5, 0.6) is 5.88 Å². The monoisotopic (exact) mass is 286 g/mol. The number of carbonyl (C=O) groups excluding carboxylic acids is 1. The fourth-order valence-corrected chi connectivity index (χ4v) is 2.33. The zero-order valence-corrected chi connectivity index (χ0v) is 11.5. The molecular formula is C15H11ClN2O2. The van der Waals surface area contributed by atoms with E-state index in [0.29, 0.717) is 16.2 Å². The van der Waals surface area contributed by atoms with Gasteiger partial charge in [-0.25, -0.2) is 4.57 Å². The second-order valence-corrected chi connectivity index (χ2v) is 4.91. The molecule has 5 heteroatoms. The molecule has 0 amide bonds. The summed E-state index contributed by atoms with van der Waals surface area (Å²) >= 11 is 5.81. The standard InChI is InChI=1S/C15H11ClN2O2/c1-17-12-4-2-3-9-18(12)13(15(17)20)14(19)10-5-7-11(16)8-6-10/h2-9H,1H3. The van der Waals surface area contributed by atoms with E-state index in [1.165, 1.54) is 4.57 Å². The van der Waals surface area contributed by atoms with Gasteiger partial charge in [-0.3, -0.25) is 4.79 Å². The highest BCUT2D eigenvalue weighted by atomic mass is 35.5. The van der Waals surface area contributed by atoms with E-state index in [1.807, 2.05) is 6.07 Å². The highest BCUT2D eigenvalue weighted by Crippen LogP contribution is 2.19. The summed E-state index contributed by atoms with van der Waals surface area (Å²) < 4.78 is 3.07. The van der Waals surface area contributed by atoms with Crippen LogP contribution < -0.4 is 9.67 Å². The van der Waals surface area contributed by atoms with Gasteiger partial charge in [-0.05, 0) is 30.3 Å². The van der Waals surface area contributed by atoms with Crippen molar-refractivity contribution in [2.75, 3.05) is 0 Å². The second-order valence-electron chi connectivity index (χ2n) is 4.48. The van der Waals surface area contributed by atoms with Gasteiger partial charge in [-0.1, -0.05) is 17.7 Å². The summed E-state index contributed by atoms with van der Waals surface area (Å²) in [5.41, 5.74) is 1.25. The lowest BCUT2D eigenvalue weighted by Gasteiger charge is -2.03. The lowest BCUT2D eigenvalue weighted by molar-refractivity contribution is -0.690. The van der Waals surface area contributed by atoms with E-state index in [9.17, 15) is 9.90 Å². The van der Waals surface area contributed by atoms with Crippen LogP contribution >= 0.6 is 11.6 Å². The summed E-state index contributed by atoms with van der Waals surface area (Å²) in [5, 5.41) is 12.8. The minimum absolute atomic E-state index is 0.130. The Morgan fingerprint density at radius 1 is 1.20 bits per heavy atom. The number of pyridine rings is 1. The van der Waals surface area contributed by atoms with Crippen molar-refractivity contribution in [3.8, 4) is 5.88 Å². The molecule has 4 nitrogen and oxygen atoms in total. The van der Waals surface area contributed by atoms with Crippen molar-refractivity contribution in [3.05, 3.63) is 64.9 Å². The molecule has 0 bridgehead atoms. The second kappa shape index (κ2) is 4.65. The smallest absolute Gasteiger partial charge is 0.286 e. The first-order valence-electron chi connectivity index (χ1n) is 6.06. The van der Waals surface area contributed by atoms with E-state index in [1.54, 1.807) is 54.0 Å². The Balaban J connectivity index is 2.22. The van der Waals surface area contributed by atoms with Crippen LogP contribution in [-0.4, -0.2) is 10.2 Å². The summed E-state index contributed by atoms with van der Waals surface area (Å²) in [7, 11) is 1.65. The average molecular weight is 287 g/mol. The first-order valence-corrected chi connectivity index (χ1v) is 6.44. The summed E-state index contributed by atoms with van der Waals surface area (Å²) in [6, 6.07) is 11.9. The van der Waals surface area contributed by atoms with E-state index in [2.05, 4.69) is 0 Å². The number of hydrogen-bond donors (Lipinski definition) is 0. The van der Waals surface area contributed by atoms with Crippen molar-refractivity contribution >= 4 is 23.0 Å². The van der Waals surface area contributed by atoms with E-state index < -0.39 is 0 Å². The van der Waals surface area contributed by atoms with Crippen molar-refractivity contribution in [1.29, 1.82) is 0 Å². The third-order valence-electron chi connectivity index (χ3n) is 3.25. The van der Waals surface area contributed by atoms with Crippen molar-refractivity contribution in [2.45, 2.75) is 0 Å². The Morgan fingerprint density at radius 3 is 2.60 bits per heavy atom. The van der Waals surface area contributed by atoms with Crippen molar-refractivity contribution in [2.24, 2.45) is 7.05 Å². The van der Waals surface area contributed by atoms with Crippen LogP contribution in [0.15, 0.2) is 48.7 Å². The minimum Gasteiger partial charge on any atom is -0.839 e. The number of halogens is 1. The van der Waals surface area contributed by atoms with Crippen molar-refractivity contribution < 1.29 is 14.5 Å². The van der Waals surface area contributed by atoms with Gasteiger partial charge in [0.15, 0.2) is 0 Å². The number of nitrogens with zero attached hydrogens (tertiary/aromatic N) is 2. The number of fused-ring (bicyclic) bond motifs is 1. The summed E-state index contributed by atoms with van der Waals surface area (Å²) in [4.78, 5) is 12.5. The molecular weight excluding hydrogens is 276 g/mol. The van der Waals surface area contributed by atoms with Gasteiger partial charge < -0.3 is 5.11 Å². The van der Waals surface area contributed by atoms with Crippen molar-refractivity contribution in [3.63, 3.8) is 0 Å². The number of imidazole rings is 1. The van der Waals surface area contributed by atoms with Crippen LogP contribution in [0.4, 0.5) is 0 Å². The molecule has 0 fully saturated rings. The number of aromatic nitrogens is 2. The van der Waals surface area contributed by atoms with Crippen LogP contribution in [0.2, 0.25) is 5.02 Å². The highest BCUT2D eigenvalue weighted by molar-refractivity contribution is 6.30. The molecule has 100 valence electrons. The van der Waals surface area contributed by atoms with Gasteiger partial charge in [0.25, 0.3) is 5.65 Å². The molecule has 0 unspecified atom stereocenters. The molecule has 3 aromatic rings. The number of carbonyl (C=O) groups is 1. The summed E-state index contributed by atoms with van der Waals surface area (Å²) in [6.07, 6.45) is 1.71. The predicted molar refractivity (Wildman–Crippen MR) is 72.9 cm³/mol. The molecule has 0 radical (unpaired) electrons. The molecule has 3 rings (SSSR count). The fraction of sp³-hybridized carbons (Fsp3) is 0.0667. The average Bonchev–Trinajstić information content (AvgIpc) is 2.72. The number of rotatable bonds is 2. The topological polar surface area (TPSA) is 48.4 Å². The Bertz CT molecular complexity index is 807. The van der Waals surface area contributed by atoms with Gasteiger partial charge in [-0.2, -0.15) is 4.40 Å². The maximum absolute atomic E-state index is 12.5. The lowest BCUT2D eigenvalue weighted by atomic mass is 10.1. The molecule has 2 aromatic heterocycles. The van der Waals surface area contributed by atoms with E-state index >= 15 is 0 Å². The van der Waals surface area contributed by atoms with Crippen LogP contribution in [-0.2, 0) is 7.05 Å². The Kier molecular flexibility index (Phi) is 2.95. The minimum atomic E-state index is -0.312. The molecule has 2 heterocycles. The highest BCUT2D eigenvalue weighted by Gasteiger charge is 2.24. The van der Waals surface area contributed by atoms with Gasteiger partial charge >= 0.3 is 0 Å². The molecule has 0 aliphatic rings. The molecule has 0 spiro atoms. The summed E-state index contributed by atoms with van der Waals surface area (Å²) in [6.45, 7) is 0. The Hall–Kier alpha value is -2.33. The third kappa shape index (κ3) is 1.85. The maximum atomic E-state index is 12.5. The predicted octanol–water partition coefficient (Wildman–Crippen LogP) is 1.72. The quantitative estimate of drug-likeness (QED) is 0.532. The van der Waals surface area contributed by atoms with Crippen LogP contribution in [0.1, 0.15) is 16.1 Å². The molecule has 0 saturated carbocycles. The number of benzene rings is 1. The van der Waals surface area contributed by atoms with Crippen molar-refractivity contribution in [1.82, 2.24) is 4.40 Å². The zero-order chi connectivity index (χ0) is 14.3. The van der Waals surface area contributed by atoms with Crippen LogP contribution in [0, 0.1) is 0 Å².